The highest BCUT2D eigenvalue weighted by Gasteiger charge is 2.29. The predicted molar refractivity (Wildman–Crippen MR) is 82.1 cm³/mol. The number of hydrogen-bond donors (Lipinski definition) is 2. The topological polar surface area (TPSA) is 67.4 Å². The van der Waals surface area contributed by atoms with Gasteiger partial charge in [-0.05, 0) is 19.2 Å². The van der Waals surface area contributed by atoms with Crippen LogP contribution in [0.1, 0.15) is 16.5 Å². The zero-order valence-corrected chi connectivity index (χ0v) is 13.1. The Balaban J connectivity index is 1.80. The van der Waals surface area contributed by atoms with Gasteiger partial charge < -0.3 is 10.1 Å². The van der Waals surface area contributed by atoms with Crippen LogP contribution in [0.3, 0.4) is 0 Å². The van der Waals surface area contributed by atoms with Crippen molar-refractivity contribution >= 4 is 21.4 Å². The summed E-state index contributed by atoms with van der Waals surface area (Å²) in [6.07, 6.45) is 0. The smallest absolute Gasteiger partial charge is 0.242 e. The van der Waals surface area contributed by atoms with E-state index in [0.717, 1.165) is 16.2 Å². The molecular weight excluding hydrogens is 308 g/mol. The van der Waals surface area contributed by atoms with Gasteiger partial charge in [0.2, 0.25) is 10.0 Å². The lowest BCUT2D eigenvalue weighted by atomic mass is 10.1. The number of hydrogen-bond acceptors (Lipinski definition) is 5. The van der Waals surface area contributed by atoms with Crippen molar-refractivity contribution in [2.75, 3.05) is 13.7 Å². The van der Waals surface area contributed by atoms with Gasteiger partial charge in [0.05, 0.1) is 10.9 Å². The second kappa shape index (κ2) is 5.76. The molecule has 1 aromatic heterocycles. The van der Waals surface area contributed by atoms with Gasteiger partial charge in [0.25, 0.3) is 0 Å². The van der Waals surface area contributed by atoms with E-state index in [-0.39, 0.29) is 6.04 Å². The van der Waals surface area contributed by atoms with E-state index in [2.05, 4.69) is 10.0 Å². The van der Waals surface area contributed by atoms with E-state index in [4.69, 9.17) is 4.74 Å². The number of sulfonamides is 1. The van der Waals surface area contributed by atoms with Gasteiger partial charge in [-0.25, -0.2) is 13.1 Å². The Morgan fingerprint density at radius 1 is 1.38 bits per heavy atom. The Morgan fingerprint density at radius 2 is 2.19 bits per heavy atom. The van der Waals surface area contributed by atoms with E-state index >= 15 is 0 Å². The van der Waals surface area contributed by atoms with Crippen LogP contribution in [0.5, 0.6) is 5.75 Å². The highest BCUT2D eigenvalue weighted by Crippen LogP contribution is 2.33. The summed E-state index contributed by atoms with van der Waals surface area (Å²) in [4.78, 5) is 1.29. The lowest BCUT2D eigenvalue weighted by Crippen LogP contribution is -2.29. The SMILES string of the molecule is CNCc1cc(S(=O)(=O)NC2COc3ccccc32)cs1. The number of nitrogens with one attached hydrogen (secondary N) is 2. The minimum absolute atomic E-state index is 0.308. The van der Waals surface area contributed by atoms with Gasteiger partial charge in [-0.2, -0.15) is 0 Å². The summed E-state index contributed by atoms with van der Waals surface area (Å²) in [7, 11) is -1.70. The van der Waals surface area contributed by atoms with Gasteiger partial charge in [0, 0.05) is 22.4 Å². The van der Waals surface area contributed by atoms with Crippen LogP contribution in [0.25, 0.3) is 0 Å². The summed E-state index contributed by atoms with van der Waals surface area (Å²) in [6.45, 7) is 0.988. The molecule has 5 nitrogen and oxygen atoms in total. The Bertz CT molecular complexity index is 740. The molecule has 0 bridgehead atoms. The van der Waals surface area contributed by atoms with Gasteiger partial charge in [-0.3, -0.25) is 0 Å². The summed E-state index contributed by atoms with van der Waals surface area (Å²) < 4.78 is 33.1. The quantitative estimate of drug-likeness (QED) is 0.881. The number of ether oxygens (including phenoxy) is 1. The van der Waals surface area contributed by atoms with Gasteiger partial charge in [-0.15, -0.1) is 11.3 Å². The van der Waals surface area contributed by atoms with Crippen LogP contribution in [-0.2, 0) is 16.6 Å². The van der Waals surface area contributed by atoms with E-state index in [9.17, 15) is 8.42 Å². The summed E-state index contributed by atoms with van der Waals surface area (Å²) >= 11 is 1.43. The van der Waals surface area contributed by atoms with Crippen molar-refractivity contribution in [1.82, 2.24) is 10.0 Å². The molecule has 0 saturated heterocycles. The second-order valence-corrected chi connectivity index (χ2v) is 7.51. The minimum atomic E-state index is -3.53. The van der Waals surface area contributed by atoms with Gasteiger partial charge in [0.1, 0.15) is 12.4 Å². The van der Waals surface area contributed by atoms with Gasteiger partial charge >= 0.3 is 0 Å². The Morgan fingerprint density at radius 3 is 3.00 bits per heavy atom. The fourth-order valence-electron chi connectivity index (χ4n) is 2.28. The van der Waals surface area contributed by atoms with Crippen molar-refractivity contribution in [2.45, 2.75) is 17.5 Å². The van der Waals surface area contributed by atoms with Crippen molar-refractivity contribution in [3.8, 4) is 5.75 Å². The van der Waals surface area contributed by atoms with Gasteiger partial charge in [-0.1, -0.05) is 18.2 Å². The predicted octanol–water partition coefficient (Wildman–Crippen LogP) is 1.88. The standard InChI is InChI=1S/C14H16N2O3S2/c1-15-7-10-6-11(9-20-10)21(17,18)16-13-8-19-14-5-3-2-4-12(13)14/h2-6,9,13,15-16H,7-8H2,1H3. The van der Waals surface area contributed by atoms with E-state index in [0.29, 0.717) is 18.0 Å². The average Bonchev–Trinajstić information content (AvgIpc) is 3.07. The van der Waals surface area contributed by atoms with Crippen LogP contribution < -0.4 is 14.8 Å². The number of fused-ring (bicyclic) bond motifs is 1. The molecule has 2 aromatic rings. The molecule has 3 rings (SSSR count). The fraction of sp³-hybridized carbons (Fsp3) is 0.286. The second-order valence-electron chi connectivity index (χ2n) is 4.80. The highest BCUT2D eigenvalue weighted by molar-refractivity contribution is 7.89. The lowest BCUT2D eigenvalue weighted by molar-refractivity contribution is 0.325. The van der Waals surface area contributed by atoms with E-state index in [1.54, 1.807) is 11.4 Å². The Labute approximate surface area is 128 Å². The largest absolute Gasteiger partial charge is 0.491 e. The van der Waals surface area contributed by atoms with E-state index < -0.39 is 10.0 Å². The zero-order valence-electron chi connectivity index (χ0n) is 11.5. The molecule has 1 aliphatic heterocycles. The molecule has 1 unspecified atom stereocenters. The molecule has 0 saturated carbocycles. The molecule has 0 fully saturated rings. The summed E-state index contributed by atoms with van der Waals surface area (Å²) in [6, 6.07) is 8.85. The molecule has 7 heteroatoms. The first kappa shape index (κ1) is 14.5. The molecular formula is C14H16N2O3S2. The first-order chi connectivity index (χ1) is 10.1. The normalized spacial score (nSPS) is 17.5. The van der Waals surface area contributed by atoms with Crippen molar-refractivity contribution in [3.63, 3.8) is 0 Å². The summed E-state index contributed by atoms with van der Waals surface area (Å²) in [5.41, 5.74) is 0.881. The highest BCUT2D eigenvalue weighted by atomic mass is 32.2. The molecule has 21 heavy (non-hydrogen) atoms. The maximum absolute atomic E-state index is 12.4. The lowest BCUT2D eigenvalue weighted by Gasteiger charge is -2.11. The number of thiophene rings is 1. The van der Waals surface area contributed by atoms with Crippen LogP contribution in [-0.4, -0.2) is 22.1 Å². The number of para-hydroxylation sites is 1. The van der Waals surface area contributed by atoms with Crippen LogP contribution in [0.4, 0.5) is 0 Å². The maximum atomic E-state index is 12.4. The van der Waals surface area contributed by atoms with Crippen LogP contribution in [0.15, 0.2) is 40.6 Å². The number of benzene rings is 1. The van der Waals surface area contributed by atoms with Crippen LogP contribution in [0, 0.1) is 0 Å². The van der Waals surface area contributed by atoms with Crippen molar-refractivity contribution < 1.29 is 13.2 Å². The molecule has 1 aromatic carbocycles. The van der Waals surface area contributed by atoms with Crippen molar-refractivity contribution in [1.29, 1.82) is 0 Å². The third-order valence-corrected chi connectivity index (χ3v) is 5.83. The number of rotatable bonds is 5. The Hall–Kier alpha value is -1.41. The van der Waals surface area contributed by atoms with Gasteiger partial charge in [0.15, 0.2) is 0 Å². The van der Waals surface area contributed by atoms with Crippen molar-refractivity contribution in [3.05, 3.63) is 46.2 Å². The van der Waals surface area contributed by atoms with E-state index in [1.807, 2.05) is 31.3 Å². The third-order valence-electron chi connectivity index (χ3n) is 3.29. The van der Waals surface area contributed by atoms with Crippen molar-refractivity contribution in [2.24, 2.45) is 0 Å². The van der Waals surface area contributed by atoms with Crippen LogP contribution >= 0.6 is 11.3 Å². The molecule has 0 amide bonds. The summed E-state index contributed by atoms with van der Waals surface area (Å²) in [5.74, 6) is 0.742. The molecule has 112 valence electrons. The monoisotopic (exact) mass is 324 g/mol. The third kappa shape index (κ3) is 2.96. The molecule has 2 heterocycles. The summed E-state index contributed by atoms with van der Waals surface area (Å²) in [5, 5.41) is 4.67. The minimum Gasteiger partial charge on any atom is -0.491 e. The fourth-order valence-corrected chi connectivity index (χ4v) is 4.77. The molecule has 2 N–H and O–H groups in total. The first-order valence-electron chi connectivity index (χ1n) is 6.56. The molecule has 0 radical (unpaired) electrons. The molecule has 0 spiro atoms. The average molecular weight is 324 g/mol. The maximum Gasteiger partial charge on any atom is 0.242 e. The Kier molecular flexibility index (Phi) is 3.99. The van der Waals surface area contributed by atoms with Crippen LogP contribution in [0.2, 0.25) is 0 Å². The molecule has 1 atom stereocenters. The molecule has 1 aliphatic rings. The van der Waals surface area contributed by atoms with E-state index in [1.165, 1.54) is 11.3 Å². The zero-order chi connectivity index (χ0) is 14.9. The molecule has 0 aliphatic carbocycles. The first-order valence-corrected chi connectivity index (χ1v) is 8.92.